The summed E-state index contributed by atoms with van der Waals surface area (Å²) in [6.45, 7) is 2.64. The third kappa shape index (κ3) is 3.43. The highest BCUT2D eigenvalue weighted by atomic mass is 16.5. The van der Waals surface area contributed by atoms with E-state index >= 15 is 0 Å². The lowest BCUT2D eigenvalue weighted by molar-refractivity contribution is 0.193. The Kier molecular flexibility index (Phi) is 4.97. The first kappa shape index (κ1) is 18.0. The maximum Gasteiger partial charge on any atom is 0.322 e. The molecular weight excluding hydrogens is 356 g/mol. The van der Waals surface area contributed by atoms with E-state index in [1.165, 1.54) is 0 Å². The summed E-state index contributed by atoms with van der Waals surface area (Å²) in [5, 5.41) is 7.06. The summed E-state index contributed by atoms with van der Waals surface area (Å²) >= 11 is 0. The normalized spacial score (nSPS) is 16.2. The van der Waals surface area contributed by atoms with E-state index in [1.807, 2.05) is 55.5 Å². The molecule has 2 heterocycles. The average Bonchev–Trinajstić information content (AvgIpc) is 3.38. The summed E-state index contributed by atoms with van der Waals surface area (Å²) in [5.74, 6) is 1.63. The quantitative estimate of drug-likeness (QED) is 0.727. The number of anilines is 1. The van der Waals surface area contributed by atoms with Crippen LogP contribution in [0.3, 0.4) is 0 Å². The third-order valence-electron chi connectivity index (χ3n) is 4.98. The lowest BCUT2D eigenvalue weighted by Crippen LogP contribution is -2.34. The van der Waals surface area contributed by atoms with Crippen LogP contribution in [0.1, 0.15) is 30.3 Å². The fraction of sp³-hybridized carbons (Fsp3) is 0.286. The molecular formula is C21H22N4O3. The zero-order chi connectivity index (χ0) is 19.5. The van der Waals surface area contributed by atoms with Gasteiger partial charge in [0.05, 0.1) is 12.8 Å². The lowest BCUT2D eigenvalue weighted by atomic mass is 10.1. The van der Waals surface area contributed by atoms with Crippen LogP contribution < -0.4 is 10.1 Å². The Hall–Kier alpha value is -3.35. The number of ether oxygens (including phenoxy) is 1. The second-order valence-corrected chi connectivity index (χ2v) is 6.75. The molecule has 1 aliphatic heterocycles. The van der Waals surface area contributed by atoms with Crippen LogP contribution in [0.5, 0.6) is 5.75 Å². The Bertz CT molecular complexity index is 985. The number of aryl methyl sites for hydroxylation is 1. The van der Waals surface area contributed by atoms with Gasteiger partial charge in [-0.05, 0) is 37.5 Å². The minimum absolute atomic E-state index is 0.206. The topological polar surface area (TPSA) is 80.5 Å². The summed E-state index contributed by atoms with van der Waals surface area (Å²) in [7, 11) is 1.58. The van der Waals surface area contributed by atoms with Crippen molar-refractivity contribution < 1.29 is 14.1 Å². The largest absolute Gasteiger partial charge is 0.495 e. The van der Waals surface area contributed by atoms with Crippen LogP contribution in [0, 0.1) is 6.92 Å². The van der Waals surface area contributed by atoms with E-state index in [-0.39, 0.29) is 12.1 Å². The highest BCUT2D eigenvalue weighted by molar-refractivity contribution is 5.91. The van der Waals surface area contributed by atoms with Gasteiger partial charge in [0.15, 0.2) is 0 Å². The first-order valence-electron chi connectivity index (χ1n) is 9.27. The van der Waals surface area contributed by atoms with Crippen LogP contribution in [-0.4, -0.2) is 34.7 Å². The van der Waals surface area contributed by atoms with Gasteiger partial charge in [-0.3, -0.25) is 0 Å². The highest BCUT2D eigenvalue weighted by Crippen LogP contribution is 2.33. The van der Waals surface area contributed by atoms with Gasteiger partial charge in [-0.15, -0.1) is 0 Å². The zero-order valence-corrected chi connectivity index (χ0v) is 15.9. The van der Waals surface area contributed by atoms with Gasteiger partial charge in [0.1, 0.15) is 11.8 Å². The molecule has 1 saturated heterocycles. The van der Waals surface area contributed by atoms with Crippen LogP contribution in [0.15, 0.2) is 53.1 Å². The van der Waals surface area contributed by atoms with Gasteiger partial charge in [0, 0.05) is 12.1 Å². The van der Waals surface area contributed by atoms with Crippen molar-refractivity contribution in [2.45, 2.75) is 25.8 Å². The van der Waals surface area contributed by atoms with E-state index in [0.29, 0.717) is 29.7 Å². The number of methoxy groups -OCH3 is 1. The molecule has 1 atom stereocenters. The van der Waals surface area contributed by atoms with Crippen LogP contribution >= 0.6 is 0 Å². The standard InChI is InChI=1S/C21H22N4O3/c1-14-8-3-4-9-15(14)19-23-20(28-24-19)17-11-7-13-25(17)21(26)22-16-10-5-6-12-18(16)27-2/h3-6,8-10,12,17H,7,11,13H2,1-2H3,(H,22,26)/t17-/m0/s1. The number of nitrogens with one attached hydrogen (secondary N) is 1. The number of amides is 2. The molecule has 0 saturated carbocycles. The predicted molar refractivity (Wildman–Crippen MR) is 105 cm³/mol. The monoisotopic (exact) mass is 378 g/mol. The zero-order valence-electron chi connectivity index (χ0n) is 15.9. The molecule has 3 aromatic rings. The fourth-order valence-electron chi connectivity index (χ4n) is 3.51. The second kappa shape index (κ2) is 7.72. The van der Waals surface area contributed by atoms with Gasteiger partial charge in [-0.2, -0.15) is 4.98 Å². The Balaban J connectivity index is 1.54. The smallest absolute Gasteiger partial charge is 0.322 e. The number of aromatic nitrogens is 2. The molecule has 1 aromatic heterocycles. The number of benzene rings is 2. The van der Waals surface area contributed by atoms with E-state index in [2.05, 4.69) is 15.5 Å². The van der Waals surface area contributed by atoms with Crippen molar-refractivity contribution in [3.8, 4) is 17.1 Å². The lowest BCUT2D eigenvalue weighted by Gasteiger charge is -2.22. The van der Waals surface area contributed by atoms with E-state index < -0.39 is 0 Å². The Morgan fingerprint density at radius 2 is 2.00 bits per heavy atom. The number of hydrogen-bond acceptors (Lipinski definition) is 5. The maximum atomic E-state index is 12.9. The highest BCUT2D eigenvalue weighted by Gasteiger charge is 2.34. The molecule has 7 heteroatoms. The number of carbonyl (C=O) groups is 1. The predicted octanol–water partition coefficient (Wildman–Crippen LogP) is 4.42. The van der Waals surface area contributed by atoms with Crippen molar-refractivity contribution in [2.24, 2.45) is 0 Å². The van der Waals surface area contributed by atoms with Crippen LogP contribution in [0.25, 0.3) is 11.4 Å². The van der Waals surface area contributed by atoms with Crippen LogP contribution in [0.2, 0.25) is 0 Å². The summed E-state index contributed by atoms with van der Waals surface area (Å²) in [5.41, 5.74) is 2.64. The molecule has 0 bridgehead atoms. The first-order chi connectivity index (χ1) is 13.7. The molecule has 0 spiro atoms. The van der Waals surface area contributed by atoms with Crippen molar-refractivity contribution in [3.05, 3.63) is 60.0 Å². The van der Waals surface area contributed by atoms with E-state index in [4.69, 9.17) is 9.26 Å². The Labute approximate surface area is 163 Å². The van der Waals surface area contributed by atoms with Crippen LogP contribution in [0.4, 0.5) is 10.5 Å². The van der Waals surface area contributed by atoms with Crippen molar-refractivity contribution in [1.82, 2.24) is 15.0 Å². The molecule has 0 radical (unpaired) electrons. The minimum atomic E-state index is -0.236. The molecule has 144 valence electrons. The fourth-order valence-corrected chi connectivity index (χ4v) is 3.51. The summed E-state index contributed by atoms with van der Waals surface area (Å²) < 4.78 is 10.8. The molecule has 0 aliphatic carbocycles. The van der Waals surface area contributed by atoms with Gasteiger partial charge in [0.25, 0.3) is 0 Å². The number of para-hydroxylation sites is 2. The number of nitrogens with zero attached hydrogens (tertiary/aromatic N) is 3. The number of hydrogen-bond donors (Lipinski definition) is 1. The van der Waals surface area contributed by atoms with E-state index in [1.54, 1.807) is 12.0 Å². The van der Waals surface area contributed by atoms with Crippen molar-refractivity contribution in [2.75, 3.05) is 19.0 Å². The summed E-state index contributed by atoms with van der Waals surface area (Å²) in [6.07, 6.45) is 1.67. The SMILES string of the molecule is COc1ccccc1NC(=O)N1CCC[C@H]1c1nc(-c2ccccc2C)no1. The molecule has 1 fully saturated rings. The van der Waals surface area contributed by atoms with Crippen LogP contribution in [-0.2, 0) is 0 Å². The van der Waals surface area contributed by atoms with Crippen molar-refractivity contribution in [3.63, 3.8) is 0 Å². The summed E-state index contributed by atoms with van der Waals surface area (Å²) in [4.78, 5) is 19.2. The molecule has 4 rings (SSSR count). The maximum absolute atomic E-state index is 12.9. The molecule has 2 amide bonds. The van der Waals surface area contributed by atoms with E-state index in [9.17, 15) is 4.79 Å². The van der Waals surface area contributed by atoms with Crippen molar-refractivity contribution in [1.29, 1.82) is 0 Å². The van der Waals surface area contributed by atoms with Gasteiger partial charge in [-0.1, -0.05) is 41.6 Å². The molecule has 28 heavy (non-hydrogen) atoms. The minimum Gasteiger partial charge on any atom is -0.495 e. The Morgan fingerprint density at radius 3 is 2.82 bits per heavy atom. The number of carbonyl (C=O) groups excluding carboxylic acids is 1. The number of likely N-dealkylation sites (tertiary alicyclic amines) is 1. The van der Waals surface area contributed by atoms with Crippen molar-refractivity contribution >= 4 is 11.7 Å². The average molecular weight is 378 g/mol. The summed E-state index contributed by atoms with van der Waals surface area (Å²) in [6, 6.07) is 14.8. The van der Waals surface area contributed by atoms with Gasteiger partial charge >= 0.3 is 6.03 Å². The van der Waals surface area contributed by atoms with E-state index in [0.717, 1.165) is 24.0 Å². The number of rotatable bonds is 4. The molecule has 1 N–H and O–H groups in total. The third-order valence-corrected chi connectivity index (χ3v) is 4.98. The Morgan fingerprint density at radius 1 is 1.21 bits per heavy atom. The molecule has 0 unspecified atom stereocenters. The molecule has 7 nitrogen and oxygen atoms in total. The van der Waals surface area contributed by atoms with Gasteiger partial charge in [-0.25, -0.2) is 4.79 Å². The molecule has 2 aromatic carbocycles. The first-order valence-corrected chi connectivity index (χ1v) is 9.27. The number of urea groups is 1. The van der Waals surface area contributed by atoms with Gasteiger partial charge < -0.3 is 19.5 Å². The second-order valence-electron chi connectivity index (χ2n) is 6.75. The molecule has 1 aliphatic rings. The van der Waals surface area contributed by atoms with Gasteiger partial charge in [0.2, 0.25) is 11.7 Å².